The van der Waals surface area contributed by atoms with Crippen molar-refractivity contribution in [3.8, 4) is 0 Å². The van der Waals surface area contributed by atoms with Gasteiger partial charge in [0, 0.05) is 16.6 Å². The summed E-state index contributed by atoms with van der Waals surface area (Å²) in [6.07, 6.45) is 7.24. The fourth-order valence-electron chi connectivity index (χ4n) is 5.22. The Balaban J connectivity index is 1.21. The van der Waals surface area contributed by atoms with Gasteiger partial charge in [-0.1, -0.05) is 23.2 Å². The largest absolute Gasteiger partial charge is 0.389 e. The summed E-state index contributed by atoms with van der Waals surface area (Å²) >= 11 is 13.2. The van der Waals surface area contributed by atoms with Crippen LogP contribution in [0.4, 0.5) is 11.6 Å². The first-order chi connectivity index (χ1) is 16.4. The monoisotopic (exact) mass is 502 g/mol. The maximum Gasteiger partial charge on any atom is 0.227 e. The summed E-state index contributed by atoms with van der Waals surface area (Å²) in [5.41, 5.74) is 2.37. The minimum absolute atomic E-state index is 0.305. The Hall–Kier alpha value is -1.97. The van der Waals surface area contributed by atoms with Crippen LogP contribution in [0, 0.1) is 0 Å². The fraction of sp³-hybridized carbons (Fsp3) is 0.542. The lowest BCUT2D eigenvalue weighted by Crippen LogP contribution is -2.56. The van der Waals surface area contributed by atoms with Crippen molar-refractivity contribution in [3.05, 3.63) is 40.3 Å². The first-order valence-corrected chi connectivity index (χ1v) is 12.6. The number of piperidine rings is 1. The van der Waals surface area contributed by atoms with E-state index in [2.05, 4.69) is 33.3 Å². The number of benzene rings is 1. The molecule has 0 radical (unpaired) electrons. The summed E-state index contributed by atoms with van der Waals surface area (Å²) in [6.45, 7) is 4.88. The Kier molecular flexibility index (Phi) is 5.69. The third-order valence-electron chi connectivity index (χ3n) is 7.62. The number of aliphatic hydroxyl groups excluding tert-OH is 1. The molecule has 1 saturated carbocycles. The van der Waals surface area contributed by atoms with Crippen LogP contribution in [0.2, 0.25) is 10.2 Å². The summed E-state index contributed by atoms with van der Waals surface area (Å²) < 4.78 is 7.39. The van der Waals surface area contributed by atoms with Crippen molar-refractivity contribution in [2.45, 2.75) is 56.2 Å². The van der Waals surface area contributed by atoms with Gasteiger partial charge in [0.05, 0.1) is 48.3 Å². The van der Waals surface area contributed by atoms with Gasteiger partial charge in [-0.3, -0.25) is 4.90 Å². The molecule has 2 N–H and O–H groups in total. The molecule has 180 valence electrons. The summed E-state index contributed by atoms with van der Waals surface area (Å²) in [6, 6.07) is 4.45. The standard InChI is InChI=1S/C24H28Cl2N6O2/c1-24(13-34-12-21(24)33)31-6-4-14(5-7-31)17-9-19-15(8-18(17)25)10-27-23(29-19)30-20-11-28-32(22(20)26)16-2-3-16/h8-11,14,16,21,33H,2-7,12-13H2,1H3,(H,27,29,30)/t21-,24?/m1/s1. The van der Waals surface area contributed by atoms with Gasteiger partial charge >= 0.3 is 0 Å². The van der Waals surface area contributed by atoms with Crippen LogP contribution in [0.25, 0.3) is 10.9 Å². The summed E-state index contributed by atoms with van der Waals surface area (Å²) in [4.78, 5) is 11.6. The zero-order valence-corrected chi connectivity index (χ0v) is 20.6. The number of hydrogen-bond acceptors (Lipinski definition) is 7. The van der Waals surface area contributed by atoms with E-state index in [9.17, 15) is 5.11 Å². The highest BCUT2D eigenvalue weighted by Gasteiger charge is 2.45. The normalized spacial score (nSPS) is 26.4. The molecule has 1 aliphatic carbocycles. The van der Waals surface area contributed by atoms with Gasteiger partial charge < -0.3 is 15.2 Å². The molecule has 0 bridgehead atoms. The van der Waals surface area contributed by atoms with Crippen molar-refractivity contribution in [2.75, 3.05) is 31.6 Å². The number of anilines is 2. The van der Waals surface area contributed by atoms with E-state index >= 15 is 0 Å². The van der Waals surface area contributed by atoms with Crippen molar-refractivity contribution in [1.82, 2.24) is 24.6 Å². The quantitative estimate of drug-likeness (QED) is 0.529. The molecule has 3 aromatic rings. The van der Waals surface area contributed by atoms with Crippen molar-refractivity contribution in [3.63, 3.8) is 0 Å². The van der Waals surface area contributed by atoms with Gasteiger partial charge in [-0.25, -0.2) is 14.6 Å². The van der Waals surface area contributed by atoms with Crippen molar-refractivity contribution in [2.24, 2.45) is 0 Å². The lowest BCUT2D eigenvalue weighted by atomic mass is 9.85. The van der Waals surface area contributed by atoms with Crippen LogP contribution in [0.15, 0.2) is 24.5 Å². The molecule has 2 aliphatic heterocycles. The Morgan fingerprint density at radius 3 is 2.65 bits per heavy atom. The van der Waals surface area contributed by atoms with Gasteiger partial charge in [0.15, 0.2) is 5.15 Å². The van der Waals surface area contributed by atoms with E-state index in [4.69, 9.17) is 32.9 Å². The molecular weight excluding hydrogens is 475 g/mol. The molecule has 8 nitrogen and oxygen atoms in total. The molecular formula is C24H28Cl2N6O2. The lowest BCUT2D eigenvalue weighted by molar-refractivity contribution is -0.00211. The molecule has 1 unspecified atom stereocenters. The molecule has 2 atom stereocenters. The Morgan fingerprint density at radius 1 is 1.15 bits per heavy atom. The molecule has 2 saturated heterocycles. The number of halogens is 2. The number of fused-ring (bicyclic) bond motifs is 1. The minimum Gasteiger partial charge on any atom is -0.389 e. The second-order valence-electron chi connectivity index (χ2n) is 9.93. The SMILES string of the molecule is CC1(N2CCC(c3cc4nc(Nc5cnn(C6CC6)c5Cl)ncc4cc3Cl)CC2)COC[C@H]1O. The van der Waals surface area contributed by atoms with Crippen molar-refractivity contribution < 1.29 is 9.84 Å². The van der Waals surface area contributed by atoms with E-state index in [-0.39, 0.29) is 5.54 Å². The zero-order chi connectivity index (χ0) is 23.4. The average Bonchev–Trinajstić information content (AvgIpc) is 3.54. The van der Waals surface area contributed by atoms with Crippen LogP contribution in [-0.2, 0) is 4.74 Å². The van der Waals surface area contributed by atoms with Crippen molar-refractivity contribution >= 4 is 45.7 Å². The third kappa shape index (κ3) is 3.95. The number of aliphatic hydroxyl groups is 1. The number of nitrogens with zero attached hydrogens (tertiary/aromatic N) is 5. The Bertz CT molecular complexity index is 1220. The predicted octanol–water partition coefficient (Wildman–Crippen LogP) is 4.54. The van der Waals surface area contributed by atoms with Crippen LogP contribution in [0.5, 0.6) is 0 Å². The zero-order valence-electron chi connectivity index (χ0n) is 19.0. The van der Waals surface area contributed by atoms with E-state index in [1.807, 2.05) is 10.7 Å². The maximum absolute atomic E-state index is 10.4. The topological polar surface area (TPSA) is 88.3 Å². The number of ether oxygens (including phenoxy) is 1. The number of rotatable bonds is 5. The summed E-state index contributed by atoms with van der Waals surface area (Å²) in [5, 5.41) is 20.2. The molecule has 0 spiro atoms. The van der Waals surface area contributed by atoms with Crippen LogP contribution in [0.1, 0.15) is 50.1 Å². The lowest BCUT2D eigenvalue weighted by Gasteiger charge is -2.43. The molecule has 10 heteroatoms. The predicted molar refractivity (Wildman–Crippen MR) is 132 cm³/mol. The molecule has 34 heavy (non-hydrogen) atoms. The van der Waals surface area contributed by atoms with E-state index in [1.54, 1.807) is 12.4 Å². The highest BCUT2D eigenvalue weighted by molar-refractivity contribution is 6.32. The smallest absolute Gasteiger partial charge is 0.227 e. The number of hydrogen-bond donors (Lipinski definition) is 2. The summed E-state index contributed by atoms with van der Waals surface area (Å²) in [5.74, 6) is 0.824. The third-order valence-corrected chi connectivity index (χ3v) is 8.32. The molecule has 3 aliphatic rings. The van der Waals surface area contributed by atoms with E-state index < -0.39 is 6.10 Å². The molecule has 6 rings (SSSR count). The maximum atomic E-state index is 10.4. The highest BCUT2D eigenvalue weighted by atomic mass is 35.5. The van der Waals surface area contributed by atoms with Gasteiger partial charge in [0.25, 0.3) is 0 Å². The van der Waals surface area contributed by atoms with Crippen molar-refractivity contribution in [1.29, 1.82) is 0 Å². The first kappa shape index (κ1) is 22.5. The Labute approximate surface area is 208 Å². The van der Waals surface area contributed by atoms with Gasteiger partial charge in [0.1, 0.15) is 0 Å². The van der Waals surface area contributed by atoms with Crippen LogP contribution >= 0.6 is 23.2 Å². The van der Waals surface area contributed by atoms with E-state index in [1.165, 1.54) is 0 Å². The van der Waals surface area contributed by atoms with Crippen LogP contribution in [0.3, 0.4) is 0 Å². The molecule has 1 aromatic carbocycles. The molecule has 3 fully saturated rings. The van der Waals surface area contributed by atoms with Gasteiger partial charge in [0.2, 0.25) is 5.95 Å². The minimum atomic E-state index is -0.444. The second-order valence-corrected chi connectivity index (χ2v) is 10.7. The molecule has 2 aromatic heterocycles. The number of nitrogens with one attached hydrogen (secondary N) is 1. The first-order valence-electron chi connectivity index (χ1n) is 11.9. The van der Waals surface area contributed by atoms with Gasteiger partial charge in [-0.15, -0.1) is 0 Å². The van der Waals surface area contributed by atoms with Crippen LogP contribution in [-0.4, -0.2) is 67.7 Å². The van der Waals surface area contributed by atoms with Gasteiger partial charge in [-0.2, -0.15) is 5.10 Å². The van der Waals surface area contributed by atoms with Gasteiger partial charge in [-0.05, 0) is 69.3 Å². The Morgan fingerprint density at radius 2 is 1.94 bits per heavy atom. The van der Waals surface area contributed by atoms with E-state index in [0.29, 0.717) is 42.0 Å². The number of likely N-dealkylation sites (tertiary alicyclic amines) is 1. The van der Waals surface area contributed by atoms with Crippen LogP contribution < -0.4 is 5.32 Å². The number of aromatic nitrogens is 4. The average molecular weight is 503 g/mol. The molecule has 0 amide bonds. The van der Waals surface area contributed by atoms with E-state index in [0.717, 1.165) is 60.3 Å². The fourth-order valence-corrected chi connectivity index (χ4v) is 5.83. The second kappa shape index (κ2) is 8.60. The molecule has 4 heterocycles. The highest BCUT2D eigenvalue weighted by Crippen LogP contribution is 2.40. The summed E-state index contributed by atoms with van der Waals surface area (Å²) in [7, 11) is 0.